The lowest BCUT2D eigenvalue weighted by Gasteiger charge is -2.61. The van der Waals surface area contributed by atoms with E-state index < -0.39 is 5.60 Å². The number of hydrogen-bond donors (Lipinski definition) is 2. The molecule has 4 aliphatic rings. The molecule has 0 bridgehead atoms. The first-order valence-electron chi connectivity index (χ1n) is 11.8. The Kier molecular flexibility index (Phi) is 4.92. The number of nitrogens with zero attached hydrogens (tertiary/aromatic N) is 2. The Hall–Kier alpha value is -0.520. The minimum atomic E-state index is -0.584. The molecule has 0 aliphatic heterocycles. The van der Waals surface area contributed by atoms with Gasteiger partial charge in [-0.2, -0.15) is 0 Å². The maximum atomic E-state index is 11.9. The van der Waals surface area contributed by atoms with E-state index in [0.29, 0.717) is 17.3 Å². The summed E-state index contributed by atoms with van der Waals surface area (Å²) >= 11 is 1.73. The van der Waals surface area contributed by atoms with Crippen LogP contribution in [0.1, 0.15) is 71.6 Å². The monoisotopic (exact) mass is 418 g/mol. The molecule has 1 heterocycles. The molecule has 2 N–H and O–H groups in total. The van der Waals surface area contributed by atoms with Crippen molar-refractivity contribution >= 4 is 11.8 Å². The molecule has 8 atom stereocenters. The number of aryl methyl sites for hydroxylation is 1. The van der Waals surface area contributed by atoms with Crippen molar-refractivity contribution in [3.8, 4) is 0 Å². The maximum Gasteiger partial charge on any atom is 0.167 e. The van der Waals surface area contributed by atoms with E-state index >= 15 is 0 Å². The molecule has 4 fully saturated rings. The fraction of sp³-hybridized carbons (Fsp3) is 0.875. The molecule has 0 amide bonds. The molecule has 5 rings (SSSR count). The topological polar surface area (TPSA) is 58.3 Å². The summed E-state index contributed by atoms with van der Waals surface area (Å²) in [5.74, 6) is 3.66. The third kappa shape index (κ3) is 2.97. The van der Waals surface area contributed by atoms with Gasteiger partial charge in [-0.15, -0.1) is 0 Å². The second kappa shape index (κ2) is 7.00. The summed E-state index contributed by atoms with van der Waals surface area (Å²) in [7, 11) is 2.03. The van der Waals surface area contributed by atoms with Gasteiger partial charge in [-0.1, -0.05) is 25.6 Å². The van der Waals surface area contributed by atoms with Gasteiger partial charge in [0.1, 0.15) is 0 Å². The Morgan fingerprint density at radius 3 is 2.66 bits per heavy atom. The van der Waals surface area contributed by atoms with Crippen LogP contribution in [0.15, 0.2) is 17.6 Å². The summed E-state index contributed by atoms with van der Waals surface area (Å²) < 4.78 is 2.05. The predicted octanol–water partition coefficient (Wildman–Crippen LogP) is 4.65. The second-order valence-corrected chi connectivity index (χ2v) is 12.2. The zero-order valence-corrected chi connectivity index (χ0v) is 19.1. The highest BCUT2D eigenvalue weighted by atomic mass is 32.2. The molecule has 1 aromatic rings. The second-order valence-electron chi connectivity index (χ2n) is 11.2. The van der Waals surface area contributed by atoms with Gasteiger partial charge in [-0.3, -0.25) is 0 Å². The van der Waals surface area contributed by atoms with Gasteiger partial charge in [-0.25, -0.2) is 4.98 Å². The molecule has 0 spiro atoms. The number of fused-ring (bicyclic) bond motifs is 5. The van der Waals surface area contributed by atoms with Gasteiger partial charge in [0.2, 0.25) is 0 Å². The van der Waals surface area contributed by atoms with Crippen LogP contribution in [0.2, 0.25) is 0 Å². The van der Waals surface area contributed by atoms with Crippen molar-refractivity contribution in [1.29, 1.82) is 0 Å². The molecule has 29 heavy (non-hydrogen) atoms. The van der Waals surface area contributed by atoms with Crippen molar-refractivity contribution in [2.75, 3.05) is 5.75 Å². The van der Waals surface area contributed by atoms with E-state index in [1.807, 2.05) is 19.4 Å². The zero-order chi connectivity index (χ0) is 20.4. The van der Waals surface area contributed by atoms with Crippen molar-refractivity contribution in [2.24, 2.45) is 41.5 Å². The van der Waals surface area contributed by atoms with E-state index in [4.69, 9.17) is 0 Å². The van der Waals surface area contributed by atoms with Crippen LogP contribution in [0.25, 0.3) is 0 Å². The lowest BCUT2D eigenvalue weighted by atomic mass is 9.44. The van der Waals surface area contributed by atoms with Crippen LogP contribution in [0, 0.1) is 34.5 Å². The number of hydrogen-bond acceptors (Lipinski definition) is 4. The Labute approximate surface area is 179 Å². The molecule has 0 radical (unpaired) electrons. The number of thioether (sulfide) groups is 1. The van der Waals surface area contributed by atoms with Crippen LogP contribution in [0.4, 0.5) is 0 Å². The fourth-order valence-corrected chi connectivity index (χ4v) is 9.50. The quantitative estimate of drug-likeness (QED) is 0.702. The van der Waals surface area contributed by atoms with Crippen LogP contribution < -0.4 is 0 Å². The van der Waals surface area contributed by atoms with Gasteiger partial charge < -0.3 is 14.8 Å². The highest BCUT2D eigenvalue weighted by Gasteiger charge is 2.64. The Balaban J connectivity index is 1.36. The van der Waals surface area contributed by atoms with Crippen LogP contribution in [-0.4, -0.2) is 37.2 Å². The summed E-state index contributed by atoms with van der Waals surface area (Å²) in [5, 5.41) is 23.1. The van der Waals surface area contributed by atoms with Crippen molar-refractivity contribution in [1.82, 2.24) is 9.55 Å². The van der Waals surface area contributed by atoms with Crippen LogP contribution in [0.3, 0.4) is 0 Å². The van der Waals surface area contributed by atoms with Gasteiger partial charge in [0, 0.05) is 30.6 Å². The van der Waals surface area contributed by atoms with Crippen molar-refractivity contribution in [3.05, 3.63) is 12.4 Å². The minimum Gasteiger partial charge on any atom is -0.393 e. The third-order valence-corrected chi connectivity index (χ3v) is 11.5. The number of imidazole rings is 1. The standard InChI is InChI=1S/C24H38N2O2S/c1-22-9-6-17(27)14-16(22)4-5-18-19(22)7-10-23(2)20(18)8-11-24(23,28)15-29-21-25-12-13-26(21)3/h12-13,16-20,27-28H,4-11,14-15H2,1-3H3/t16-,17+,18+,19-,20+,22-,23-,24+/m0/s1. The normalized spacial score (nSPS) is 49.3. The predicted molar refractivity (Wildman–Crippen MR) is 117 cm³/mol. The Morgan fingerprint density at radius 1 is 1.10 bits per heavy atom. The average Bonchev–Trinajstić information content (AvgIpc) is 3.22. The SMILES string of the molecule is Cn1ccnc1SC[C@]1(O)CC[C@@H]2[C@@H]3CC[C@H]4C[C@H](O)CC[C@]4(C)[C@H]3CC[C@@]21C. The molecule has 0 aromatic carbocycles. The molecule has 162 valence electrons. The maximum absolute atomic E-state index is 11.9. The Bertz CT molecular complexity index is 768. The fourth-order valence-electron chi connectivity index (χ4n) is 8.26. The molecule has 0 unspecified atom stereocenters. The molecular formula is C24H38N2O2S. The van der Waals surface area contributed by atoms with Gasteiger partial charge in [-0.05, 0) is 86.9 Å². The minimum absolute atomic E-state index is 0.0315. The van der Waals surface area contributed by atoms with Crippen molar-refractivity contribution < 1.29 is 10.2 Å². The van der Waals surface area contributed by atoms with Crippen LogP contribution >= 0.6 is 11.8 Å². The van der Waals surface area contributed by atoms with Crippen molar-refractivity contribution in [3.63, 3.8) is 0 Å². The number of aliphatic hydroxyl groups is 2. The highest BCUT2D eigenvalue weighted by molar-refractivity contribution is 7.99. The van der Waals surface area contributed by atoms with E-state index in [1.54, 1.807) is 11.8 Å². The third-order valence-electron chi connectivity index (χ3n) is 10.2. The summed E-state index contributed by atoms with van der Waals surface area (Å²) in [4.78, 5) is 4.45. The molecule has 1 aromatic heterocycles. The van der Waals surface area contributed by atoms with Gasteiger partial charge in [0.15, 0.2) is 5.16 Å². The largest absolute Gasteiger partial charge is 0.393 e. The smallest absolute Gasteiger partial charge is 0.167 e. The highest BCUT2D eigenvalue weighted by Crippen LogP contribution is 2.68. The van der Waals surface area contributed by atoms with Gasteiger partial charge >= 0.3 is 0 Å². The summed E-state index contributed by atoms with van der Waals surface area (Å²) in [6.45, 7) is 4.94. The summed E-state index contributed by atoms with van der Waals surface area (Å²) in [5.41, 5.74) is -0.143. The van der Waals surface area contributed by atoms with E-state index in [0.717, 1.165) is 48.4 Å². The molecule has 4 nitrogen and oxygen atoms in total. The van der Waals surface area contributed by atoms with E-state index in [9.17, 15) is 10.2 Å². The lowest BCUT2D eigenvalue weighted by molar-refractivity contribution is -0.152. The summed E-state index contributed by atoms with van der Waals surface area (Å²) in [6.07, 6.45) is 14.1. The number of aliphatic hydroxyl groups excluding tert-OH is 1. The summed E-state index contributed by atoms with van der Waals surface area (Å²) in [6, 6.07) is 0. The number of aromatic nitrogens is 2. The first-order chi connectivity index (χ1) is 13.8. The van der Waals surface area contributed by atoms with Crippen molar-refractivity contribution in [2.45, 2.75) is 88.5 Å². The average molecular weight is 419 g/mol. The molecular weight excluding hydrogens is 380 g/mol. The van der Waals surface area contributed by atoms with E-state index in [-0.39, 0.29) is 11.5 Å². The van der Waals surface area contributed by atoms with Gasteiger partial charge in [0.25, 0.3) is 0 Å². The number of rotatable bonds is 3. The lowest BCUT2D eigenvalue weighted by Crippen LogP contribution is -2.57. The molecule has 0 saturated heterocycles. The van der Waals surface area contributed by atoms with E-state index in [2.05, 4.69) is 23.4 Å². The molecule has 5 heteroatoms. The molecule has 4 aliphatic carbocycles. The van der Waals surface area contributed by atoms with Crippen LogP contribution in [-0.2, 0) is 7.05 Å². The van der Waals surface area contributed by atoms with Crippen LogP contribution in [0.5, 0.6) is 0 Å². The van der Waals surface area contributed by atoms with Gasteiger partial charge in [0.05, 0.1) is 11.7 Å². The Morgan fingerprint density at radius 2 is 1.90 bits per heavy atom. The molecule has 4 saturated carbocycles. The first-order valence-corrected chi connectivity index (χ1v) is 12.8. The van der Waals surface area contributed by atoms with E-state index in [1.165, 1.54) is 32.1 Å². The zero-order valence-electron chi connectivity index (χ0n) is 18.3. The first kappa shape index (κ1) is 20.4.